The summed E-state index contributed by atoms with van der Waals surface area (Å²) >= 11 is 1.38. The van der Waals surface area contributed by atoms with Crippen molar-refractivity contribution in [1.82, 2.24) is 5.32 Å². The number of carbonyl (C=O) groups excluding carboxylic acids is 1. The molecule has 1 amide bonds. The van der Waals surface area contributed by atoms with Gasteiger partial charge in [-0.15, -0.1) is 0 Å². The highest BCUT2D eigenvalue weighted by Gasteiger charge is 2.18. The maximum absolute atomic E-state index is 11.6. The average Bonchev–Trinajstić information content (AvgIpc) is 2.77. The summed E-state index contributed by atoms with van der Waals surface area (Å²) in [7, 11) is 1.27. The molecule has 6 nitrogen and oxygen atoms in total. The molecule has 0 fully saturated rings. The molecule has 0 saturated carbocycles. The second-order valence-corrected chi connectivity index (χ2v) is 3.91. The minimum absolute atomic E-state index is 0.111. The number of methoxy groups -OCH3 is 1. The van der Waals surface area contributed by atoms with Crippen molar-refractivity contribution in [2.45, 2.75) is 11.2 Å². The number of hydrogen-bond donors (Lipinski definition) is 2. The summed E-state index contributed by atoms with van der Waals surface area (Å²) in [6, 6.07) is 3.20. The highest BCUT2D eigenvalue weighted by atomic mass is 32.2. The van der Waals surface area contributed by atoms with E-state index in [2.05, 4.69) is 10.1 Å². The van der Waals surface area contributed by atoms with Gasteiger partial charge in [0, 0.05) is 7.11 Å². The van der Waals surface area contributed by atoms with Crippen LogP contribution < -0.4 is 5.32 Å². The van der Waals surface area contributed by atoms with Gasteiger partial charge in [-0.25, -0.2) is 4.79 Å². The number of amides is 1. The van der Waals surface area contributed by atoms with Crippen LogP contribution >= 0.6 is 11.8 Å². The highest BCUT2D eigenvalue weighted by Crippen LogP contribution is 2.17. The first-order valence-corrected chi connectivity index (χ1v) is 5.98. The van der Waals surface area contributed by atoms with Crippen LogP contribution in [-0.4, -0.2) is 43.0 Å². The molecule has 1 rings (SSSR count). The molecule has 0 spiro atoms. The van der Waals surface area contributed by atoms with E-state index >= 15 is 0 Å². The second-order valence-electron chi connectivity index (χ2n) is 3.10. The summed E-state index contributed by atoms with van der Waals surface area (Å²) in [5, 5.41) is 11.7. The molecular weight excluding hydrogens is 246 g/mol. The first-order valence-electron chi connectivity index (χ1n) is 4.76. The van der Waals surface area contributed by atoms with E-state index in [-0.39, 0.29) is 12.3 Å². The standard InChI is InChI=1S/C10H13NO5S/c1-15-7(10(13)14)5-11-9(12)6-3-4-8(16-6)17-2/h3-4,7H,5H2,1-2H3,(H,11,12)(H,13,14). The third kappa shape index (κ3) is 3.79. The number of furan rings is 1. The molecule has 2 N–H and O–H groups in total. The number of hydrogen-bond acceptors (Lipinski definition) is 5. The summed E-state index contributed by atoms with van der Waals surface area (Å²) < 4.78 is 9.86. The predicted molar refractivity (Wildman–Crippen MR) is 61.3 cm³/mol. The monoisotopic (exact) mass is 259 g/mol. The van der Waals surface area contributed by atoms with Gasteiger partial charge < -0.3 is 19.6 Å². The first kappa shape index (κ1) is 13.6. The zero-order valence-corrected chi connectivity index (χ0v) is 10.2. The van der Waals surface area contributed by atoms with Crippen LogP contribution in [-0.2, 0) is 9.53 Å². The van der Waals surface area contributed by atoms with Gasteiger partial charge in [0.15, 0.2) is 17.0 Å². The van der Waals surface area contributed by atoms with E-state index in [1.165, 1.54) is 24.9 Å². The van der Waals surface area contributed by atoms with Gasteiger partial charge in [-0.3, -0.25) is 4.79 Å². The van der Waals surface area contributed by atoms with Gasteiger partial charge in [0.25, 0.3) is 5.91 Å². The Morgan fingerprint density at radius 1 is 1.59 bits per heavy atom. The molecule has 7 heteroatoms. The zero-order valence-electron chi connectivity index (χ0n) is 9.43. The van der Waals surface area contributed by atoms with Crippen LogP contribution in [0.1, 0.15) is 10.6 Å². The van der Waals surface area contributed by atoms with Gasteiger partial charge >= 0.3 is 5.97 Å². The molecule has 1 aromatic rings. The van der Waals surface area contributed by atoms with E-state index in [9.17, 15) is 9.59 Å². The lowest BCUT2D eigenvalue weighted by Gasteiger charge is -2.10. The number of nitrogens with one attached hydrogen (secondary N) is 1. The Hall–Kier alpha value is -1.47. The van der Waals surface area contributed by atoms with Gasteiger partial charge in [0.1, 0.15) is 0 Å². The molecule has 1 unspecified atom stereocenters. The van der Waals surface area contributed by atoms with Crippen LogP contribution in [0.5, 0.6) is 0 Å². The number of thioether (sulfide) groups is 1. The maximum atomic E-state index is 11.6. The van der Waals surface area contributed by atoms with Crippen molar-refractivity contribution in [2.24, 2.45) is 0 Å². The van der Waals surface area contributed by atoms with E-state index in [1.807, 2.05) is 6.26 Å². The lowest BCUT2D eigenvalue weighted by molar-refractivity contribution is -0.148. The van der Waals surface area contributed by atoms with E-state index in [4.69, 9.17) is 9.52 Å². The molecule has 0 aliphatic rings. The number of aliphatic carboxylic acids is 1. The Kier molecular flexibility index (Phi) is 5.05. The van der Waals surface area contributed by atoms with Crippen molar-refractivity contribution in [2.75, 3.05) is 19.9 Å². The molecule has 1 heterocycles. The zero-order chi connectivity index (χ0) is 12.8. The third-order valence-electron chi connectivity index (χ3n) is 2.01. The number of ether oxygens (including phenoxy) is 1. The highest BCUT2D eigenvalue weighted by molar-refractivity contribution is 7.98. The summed E-state index contributed by atoms with van der Waals surface area (Å²) in [4.78, 5) is 22.2. The van der Waals surface area contributed by atoms with Gasteiger partial charge in [-0.1, -0.05) is 11.8 Å². The molecule has 0 bridgehead atoms. The Labute approximate surface area is 102 Å². The molecule has 0 aliphatic heterocycles. The average molecular weight is 259 g/mol. The molecule has 1 atom stereocenters. The van der Waals surface area contributed by atoms with Crippen LogP contribution in [0.25, 0.3) is 0 Å². The molecule has 1 aromatic heterocycles. The molecule has 17 heavy (non-hydrogen) atoms. The fourth-order valence-electron chi connectivity index (χ4n) is 1.10. The molecule has 0 radical (unpaired) electrons. The van der Waals surface area contributed by atoms with Crippen LogP contribution in [0.2, 0.25) is 0 Å². The van der Waals surface area contributed by atoms with E-state index in [0.29, 0.717) is 5.09 Å². The minimum Gasteiger partial charge on any atom is -0.479 e. The fraction of sp³-hybridized carbons (Fsp3) is 0.400. The van der Waals surface area contributed by atoms with Crippen molar-refractivity contribution < 1.29 is 23.8 Å². The van der Waals surface area contributed by atoms with E-state index < -0.39 is 18.0 Å². The molecule has 94 valence electrons. The Morgan fingerprint density at radius 3 is 2.76 bits per heavy atom. The van der Waals surface area contributed by atoms with Crippen molar-refractivity contribution in [3.05, 3.63) is 17.9 Å². The topological polar surface area (TPSA) is 88.8 Å². The smallest absolute Gasteiger partial charge is 0.334 e. The Morgan fingerprint density at radius 2 is 2.29 bits per heavy atom. The quantitative estimate of drug-likeness (QED) is 0.736. The molecule has 0 aliphatic carbocycles. The number of carboxylic acid groups (broad SMARTS) is 1. The van der Waals surface area contributed by atoms with Crippen LogP contribution in [0, 0.1) is 0 Å². The van der Waals surface area contributed by atoms with Gasteiger partial charge in [0.2, 0.25) is 0 Å². The lowest BCUT2D eigenvalue weighted by atomic mass is 10.3. The minimum atomic E-state index is -1.13. The Balaban J connectivity index is 2.52. The van der Waals surface area contributed by atoms with Gasteiger partial charge in [-0.05, 0) is 18.4 Å². The second kappa shape index (κ2) is 6.31. The Bertz CT molecular complexity index is 403. The fourth-order valence-corrected chi connectivity index (χ4v) is 1.47. The van der Waals surface area contributed by atoms with E-state index in [1.54, 1.807) is 6.07 Å². The van der Waals surface area contributed by atoms with Gasteiger partial charge in [-0.2, -0.15) is 0 Å². The van der Waals surface area contributed by atoms with Crippen LogP contribution in [0.4, 0.5) is 0 Å². The van der Waals surface area contributed by atoms with Crippen molar-refractivity contribution >= 4 is 23.6 Å². The van der Waals surface area contributed by atoms with E-state index in [0.717, 1.165) is 0 Å². The van der Waals surface area contributed by atoms with Crippen LogP contribution in [0.3, 0.4) is 0 Å². The molecule has 0 aromatic carbocycles. The number of carbonyl (C=O) groups is 2. The largest absolute Gasteiger partial charge is 0.479 e. The first-order chi connectivity index (χ1) is 8.08. The van der Waals surface area contributed by atoms with Crippen molar-refractivity contribution in [3.63, 3.8) is 0 Å². The lowest BCUT2D eigenvalue weighted by Crippen LogP contribution is -2.37. The normalized spacial score (nSPS) is 12.1. The number of carboxylic acids is 1. The summed E-state index contributed by atoms with van der Waals surface area (Å²) in [5.41, 5.74) is 0. The molecular formula is C10H13NO5S. The summed E-state index contributed by atoms with van der Waals surface area (Å²) in [5.74, 6) is -1.44. The SMILES string of the molecule is COC(CNC(=O)c1ccc(SC)o1)C(=O)O. The van der Waals surface area contributed by atoms with Crippen molar-refractivity contribution in [3.8, 4) is 0 Å². The number of rotatable bonds is 6. The van der Waals surface area contributed by atoms with Crippen molar-refractivity contribution in [1.29, 1.82) is 0 Å². The maximum Gasteiger partial charge on any atom is 0.334 e. The summed E-state index contributed by atoms with van der Waals surface area (Å²) in [6.07, 6.45) is 0.764. The predicted octanol–water partition coefficient (Wildman–Crippen LogP) is 0.831. The molecule has 0 saturated heterocycles. The third-order valence-corrected chi connectivity index (χ3v) is 2.64. The van der Waals surface area contributed by atoms with Gasteiger partial charge in [0.05, 0.1) is 6.54 Å². The summed E-state index contributed by atoms with van der Waals surface area (Å²) in [6.45, 7) is -0.111. The van der Waals surface area contributed by atoms with Crippen LogP contribution in [0.15, 0.2) is 21.6 Å².